The summed E-state index contributed by atoms with van der Waals surface area (Å²) in [7, 11) is 0. The largest absolute Gasteiger partial charge is 0.508 e. The number of rotatable bonds is 8. The van der Waals surface area contributed by atoms with E-state index in [2.05, 4.69) is 0 Å². The van der Waals surface area contributed by atoms with E-state index in [0.29, 0.717) is 22.3 Å². The Balaban J connectivity index is 1.26. The van der Waals surface area contributed by atoms with Gasteiger partial charge >= 0.3 is 0 Å². The Morgan fingerprint density at radius 3 is 1.30 bits per heavy atom. The van der Waals surface area contributed by atoms with Crippen LogP contribution < -0.4 is 4.74 Å². The van der Waals surface area contributed by atoms with Crippen LogP contribution in [0.1, 0.15) is 109 Å². The number of hydrogen-bond donors (Lipinski definition) is 16. The maximum absolute atomic E-state index is 13.3. The van der Waals surface area contributed by atoms with E-state index in [1.807, 2.05) is 0 Å². The Morgan fingerprint density at radius 1 is 0.356 bits per heavy atom. The average Bonchev–Trinajstić information content (AvgIpc) is 4.03. The second kappa shape index (κ2) is 18.0. The highest BCUT2D eigenvalue weighted by Gasteiger charge is 2.60. The molecule has 0 unspecified atom stereocenters. The zero-order valence-electron chi connectivity index (χ0n) is 38.3. The van der Waals surface area contributed by atoms with Gasteiger partial charge in [-0.25, -0.2) is 0 Å². The van der Waals surface area contributed by atoms with E-state index in [0.717, 1.165) is 6.07 Å². The van der Waals surface area contributed by atoms with Gasteiger partial charge in [-0.15, -0.1) is 0 Å². The summed E-state index contributed by atoms with van der Waals surface area (Å²) in [6.45, 7) is -1.65. The minimum absolute atomic E-state index is 0.0995. The SMILES string of the molecule is OC[C@H]1O[C@@H](c2c(O)cc3c(c2O)[C@@H](c2ccc(O)cc2)[C@H]2c4c(c(O)c([C@@H]5O[C@H](CO)[C@@H](O)[C@H](O)[C@H]5O)c5c4[C@@H](c4cc(O)cc(O)c4)[C@H](c4ccc(O)cc4)O5)[C@@H](c4ccc(O)cc4)[C@@H]32)[C@H](O)[C@@H](O)[C@@H]1O. The molecular formula is C54H52O19. The number of aromatic hydroxyl groups is 8. The summed E-state index contributed by atoms with van der Waals surface area (Å²) in [6, 6.07) is 23.3. The number of ether oxygens (including phenoxy) is 3. The van der Waals surface area contributed by atoms with Crippen LogP contribution in [-0.4, -0.2) is 144 Å². The first-order chi connectivity index (χ1) is 34.9. The van der Waals surface area contributed by atoms with Crippen LogP contribution in [-0.2, 0) is 9.47 Å². The topological polar surface area (TPSA) is 351 Å². The van der Waals surface area contributed by atoms with Crippen LogP contribution in [0.3, 0.4) is 0 Å². The number of aliphatic hydroxyl groups is 8. The van der Waals surface area contributed by atoms with Gasteiger partial charge in [0, 0.05) is 46.4 Å². The van der Waals surface area contributed by atoms with Gasteiger partial charge in [0.05, 0.1) is 30.3 Å². The molecule has 0 bridgehead atoms. The first kappa shape index (κ1) is 48.4. The molecule has 3 aliphatic heterocycles. The molecule has 0 amide bonds. The normalized spacial score (nSPS) is 32.1. The number of phenolic OH excluding ortho intramolecular Hbond substituents is 8. The van der Waals surface area contributed by atoms with Crippen LogP contribution in [0.15, 0.2) is 97.1 Å². The Morgan fingerprint density at radius 2 is 0.808 bits per heavy atom. The van der Waals surface area contributed by atoms with Crippen molar-refractivity contribution in [1.29, 1.82) is 0 Å². The van der Waals surface area contributed by atoms with Crippen LogP contribution in [0.4, 0.5) is 0 Å². The van der Waals surface area contributed by atoms with E-state index in [4.69, 9.17) is 14.2 Å². The summed E-state index contributed by atoms with van der Waals surface area (Å²) in [5, 5.41) is 180. The van der Waals surface area contributed by atoms with Crippen molar-refractivity contribution in [2.75, 3.05) is 13.2 Å². The quantitative estimate of drug-likeness (QED) is 0.104. The standard InChI is InChI=1S/C54H52O19/c55-17-30-43(63)47(67)49(69)53(71-30)37-29(62)16-28-35-32(19-1-7-23(57)8-2-19)40-39(38(35)33(36(28)45(37)65)20-3-9-24(58)10-4-20)41-34(22-13-26(60)15-27(61)14-22)51(21-5-11-25(59)12-6-21)73-52(41)42(46(40)66)54-50(70)48(68)44(64)31(18-56)72-54/h1-16,30-35,38,43-44,47-51,53-70H,17-18H2/t30-,31-,32+,33-,34-,35-,38-,43-,44-,47+,48+,49-,50-,51+,53+,54+/m1/s1. The predicted octanol–water partition coefficient (Wildman–Crippen LogP) is 2.79. The molecule has 16 atom stereocenters. The highest BCUT2D eigenvalue weighted by atomic mass is 16.6. The highest BCUT2D eigenvalue weighted by molar-refractivity contribution is 5.76. The third-order valence-corrected chi connectivity index (χ3v) is 15.6. The summed E-state index contributed by atoms with van der Waals surface area (Å²) in [4.78, 5) is 0. The Bertz CT molecular complexity index is 3070. The molecule has 73 heavy (non-hydrogen) atoms. The van der Waals surface area contributed by atoms with E-state index in [1.165, 1.54) is 54.6 Å². The molecule has 0 spiro atoms. The Hall–Kier alpha value is -6.88. The van der Waals surface area contributed by atoms with Gasteiger partial charge in [-0.05, 0) is 88.0 Å². The van der Waals surface area contributed by atoms with Crippen LogP contribution in [0.25, 0.3) is 0 Å². The number of benzene rings is 6. The smallest absolute Gasteiger partial charge is 0.135 e. The van der Waals surface area contributed by atoms with Gasteiger partial charge in [0.25, 0.3) is 0 Å². The van der Waals surface area contributed by atoms with Gasteiger partial charge in [-0.1, -0.05) is 36.4 Å². The summed E-state index contributed by atoms with van der Waals surface area (Å²) in [5.74, 6) is -8.04. The molecule has 2 saturated heterocycles. The highest BCUT2D eigenvalue weighted by Crippen LogP contribution is 2.74. The minimum atomic E-state index is -1.97. The fourth-order valence-corrected chi connectivity index (χ4v) is 12.4. The van der Waals surface area contributed by atoms with E-state index in [9.17, 15) is 81.7 Å². The first-order valence-corrected chi connectivity index (χ1v) is 23.6. The number of hydrogen-bond acceptors (Lipinski definition) is 19. The molecule has 6 aromatic rings. The van der Waals surface area contributed by atoms with Crippen molar-refractivity contribution in [2.45, 2.75) is 96.7 Å². The fourth-order valence-electron chi connectivity index (χ4n) is 12.4. The van der Waals surface area contributed by atoms with Crippen molar-refractivity contribution in [3.8, 4) is 51.7 Å². The molecular weight excluding hydrogens is 953 g/mol. The zero-order chi connectivity index (χ0) is 51.6. The molecule has 16 N–H and O–H groups in total. The van der Waals surface area contributed by atoms with Gasteiger partial charge in [-0.3, -0.25) is 0 Å². The molecule has 11 rings (SSSR count). The van der Waals surface area contributed by atoms with E-state index >= 15 is 0 Å². The zero-order valence-corrected chi connectivity index (χ0v) is 38.3. The third kappa shape index (κ3) is 7.41. The molecule has 2 aliphatic carbocycles. The van der Waals surface area contributed by atoms with Gasteiger partial charge < -0.3 is 95.9 Å². The number of fused-ring (bicyclic) bond motifs is 7. The lowest BCUT2D eigenvalue weighted by molar-refractivity contribution is -0.232. The molecule has 19 nitrogen and oxygen atoms in total. The van der Waals surface area contributed by atoms with Gasteiger partial charge in [-0.2, -0.15) is 0 Å². The lowest BCUT2D eigenvalue weighted by Crippen LogP contribution is -2.55. The summed E-state index contributed by atoms with van der Waals surface area (Å²) < 4.78 is 19.1. The van der Waals surface area contributed by atoms with Gasteiger partial charge in [0.15, 0.2) is 0 Å². The van der Waals surface area contributed by atoms with Crippen molar-refractivity contribution >= 4 is 0 Å². The van der Waals surface area contributed by atoms with Crippen LogP contribution in [0.2, 0.25) is 0 Å². The number of aliphatic hydroxyl groups excluding tert-OH is 8. The van der Waals surface area contributed by atoms with E-state index in [1.54, 1.807) is 36.4 Å². The molecule has 0 saturated carbocycles. The third-order valence-electron chi connectivity index (χ3n) is 15.6. The first-order valence-electron chi connectivity index (χ1n) is 23.6. The lowest BCUT2D eigenvalue weighted by Gasteiger charge is -2.41. The fraction of sp³-hybridized carbons (Fsp3) is 0.333. The Labute approximate surface area is 414 Å². The van der Waals surface area contributed by atoms with Crippen molar-refractivity contribution in [2.24, 2.45) is 0 Å². The van der Waals surface area contributed by atoms with Crippen LogP contribution >= 0.6 is 0 Å². The van der Waals surface area contributed by atoms with Crippen LogP contribution in [0, 0.1) is 0 Å². The monoisotopic (exact) mass is 1000 g/mol. The minimum Gasteiger partial charge on any atom is -0.508 e. The van der Waals surface area contributed by atoms with Gasteiger partial charge in [0.2, 0.25) is 0 Å². The van der Waals surface area contributed by atoms with E-state index < -0.39 is 133 Å². The van der Waals surface area contributed by atoms with Crippen molar-refractivity contribution < 1.29 is 95.9 Å². The van der Waals surface area contributed by atoms with Crippen molar-refractivity contribution in [1.82, 2.24) is 0 Å². The molecule has 19 heteroatoms. The summed E-state index contributed by atoms with van der Waals surface area (Å²) >= 11 is 0. The molecule has 0 aromatic heterocycles. The summed E-state index contributed by atoms with van der Waals surface area (Å²) in [5.41, 5.74) is 2.20. The van der Waals surface area contributed by atoms with Crippen molar-refractivity contribution in [3.63, 3.8) is 0 Å². The average molecular weight is 1000 g/mol. The van der Waals surface area contributed by atoms with Crippen LogP contribution in [0.5, 0.6) is 51.7 Å². The summed E-state index contributed by atoms with van der Waals surface area (Å²) in [6.07, 6.45) is -18.9. The molecule has 6 aromatic carbocycles. The Kier molecular flexibility index (Phi) is 11.9. The maximum atomic E-state index is 13.3. The second-order valence-corrected chi connectivity index (χ2v) is 19.6. The second-order valence-electron chi connectivity index (χ2n) is 19.6. The predicted molar refractivity (Wildman–Crippen MR) is 252 cm³/mol. The van der Waals surface area contributed by atoms with E-state index in [-0.39, 0.29) is 67.9 Å². The molecule has 2 fully saturated rings. The van der Waals surface area contributed by atoms with Gasteiger partial charge in [0.1, 0.15) is 119 Å². The van der Waals surface area contributed by atoms with Crippen molar-refractivity contribution in [3.05, 3.63) is 158 Å². The maximum Gasteiger partial charge on any atom is 0.135 e. The molecule has 0 radical (unpaired) electrons. The lowest BCUT2D eigenvalue weighted by atomic mass is 9.74. The molecule has 5 aliphatic rings. The number of phenols is 8. The molecule has 3 heterocycles. The molecule has 382 valence electrons.